The van der Waals surface area contributed by atoms with E-state index in [2.05, 4.69) is 10.2 Å². The van der Waals surface area contributed by atoms with Crippen LogP contribution in [0.15, 0.2) is 40.8 Å². The minimum absolute atomic E-state index is 0.247. The van der Waals surface area contributed by atoms with Crippen molar-refractivity contribution in [1.29, 1.82) is 0 Å². The summed E-state index contributed by atoms with van der Waals surface area (Å²) in [6, 6.07) is 11.2. The van der Waals surface area contributed by atoms with E-state index in [1.165, 1.54) is 0 Å². The van der Waals surface area contributed by atoms with Crippen LogP contribution < -0.4 is 4.74 Å². The van der Waals surface area contributed by atoms with Crippen LogP contribution in [0.1, 0.15) is 46.0 Å². The van der Waals surface area contributed by atoms with E-state index < -0.39 is 12.1 Å². The minimum atomic E-state index is -0.655. The highest BCUT2D eigenvalue weighted by Gasteiger charge is 2.22. The van der Waals surface area contributed by atoms with E-state index in [1.807, 2.05) is 57.2 Å². The highest BCUT2D eigenvalue weighted by Crippen LogP contribution is 2.26. The van der Waals surface area contributed by atoms with E-state index in [4.69, 9.17) is 13.9 Å². The number of ether oxygens (including phenoxy) is 2. The molecule has 1 heterocycles. The normalized spacial score (nSPS) is 11.9. The smallest absolute Gasteiger partial charge is 0.339 e. The number of esters is 1. The van der Waals surface area contributed by atoms with Gasteiger partial charge in [-0.1, -0.05) is 17.7 Å². The summed E-state index contributed by atoms with van der Waals surface area (Å²) >= 11 is 0. The van der Waals surface area contributed by atoms with Gasteiger partial charge in [0.25, 0.3) is 5.89 Å². The number of benzene rings is 2. The third kappa shape index (κ3) is 4.00. The second kappa shape index (κ2) is 7.61. The largest absolute Gasteiger partial charge is 0.497 e. The van der Waals surface area contributed by atoms with E-state index in [9.17, 15) is 4.79 Å². The van der Waals surface area contributed by atoms with Crippen molar-refractivity contribution >= 4 is 5.97 Å². The Bertz CT molecular complexity index is 938. The molecule has 0 saturated heterocycles. The molecule has 1 unspecified atom stereocenters. The Labute approximate surface area is 158 Å². The third-order valence-corrected chi connectivity index (χ3v) is 4.29. The van der Waals surface area contributed by atoms with Crippen LogP contribution in [0.4, 0.5) is 0 Å². The lowest BCUT2D eigenvalue weighted by Crippen LogP contribution is -2.12. The van der Waals surface area contributed by atoms with E-state index in [1.54, 1.807) is 14.0 Å². The van der Waals surface area contributed by atoms with Gasteiger partial charge in [0, 0.05) is 5.56 Å². The molecule has 0 bridgehead atoms. The second-order valence-electron chi connectivity index (χ2n) is 6.50. The van der Waals surface area contributed by atoms with Gasteiger partial charge in [0.05, 0.1) is 12.7 Å². The monoisotopic (exact) mass is 366 g/mol. The van der Waals surface area contributed by atoms with Crippen molar-refractivity contribution in [3.8, 4) is 17.2 Å². The van der Waals surface area contributed by atoms with Crippen molar-refractivity contribution in [3.63, 3.8) is 0 Å². The van der Waals surface area contributed by atoms with Gasteiger partial charge < -0.3 is 13.9 Å². The first kappa shape index (κ1) is 18.6. The molecule has 0 radical (unpaired) electrons. The molecule has 0 N–H and O–H groups in total. The van der Waals surface area contributed by atoms with E-state index >= 15 is 0 Å². The summed E-state index contributed by atoms with van der Waals surface area (Å²) in [4.78, 5) is 12.6. The summed E-state index contributed by atoms with van der Waals surface area (Å²) in [5.74, 6) is 0.946. The molecule has 27 heavy (non-hydrogen) atoms. The summed E-state index contributed by atoms with van der Waals surface area (Å²) in [6.07, 6.45) is -0.655. The molecular weight excluding hydrogens is 344 g/mol. The van der Waals surface area contributed by atoms with Gasteiger partial charge in [-0.3, -0.25) is 0 Å². The number of carbonyl (C=O) groups is 1. The first-order valence-electron chi connectivity index (χ1n) is 8.65. The fourth-order valence-corrected chi connectivity index (χ4v) is 3.02. The van der Waals surface area contributed by atoms with Crippen molar-refractivity contribution in [3.05, 3.63) is 64.5 Å². The van der Waals surface area contributed by atoms with E-state index in [-0.39, 0.29) is 5.89 Å². The Morgan fingerprint density at radius 3 is 2.26 bits per heavy atom. The maximum atomic E-state index is 12.6. The summed E-state index contributed by atoms with van der Waals surface area (Å²) in [6.45, 7) is 7.50. The number of methoxy groups -OCH3 is 1. The molecule has 0 amide bonds. The van der Waals surface area contributed by atoms with Gasteiger partial charge in [-0.05, 0) is 63.1 Å². The van der Waals surface area contributed by atoms with Crippen LogP contribution in [0.3, 0.4) is 0 Å². The van der Waals surface area contributed by atoms with Crippen LogP contribution in [-0.4, -0.2) is 23.3 Å². The Balaban J connectivity index is 1.76. The minimum Gasteiger partial charge on any atom is -0.497 e. The fraction of sp³-hybridized carbons (Fsp3) is 0.286. The molecule has 0 fully saturated rings. The number of carbonyl (C=O) groups excluding carboxylic acids is 1. The number of rotatable bonds is 5. The number of hydrogen-bond acceptors (Lipinski definition) is 6. The molecule has 0 aliphatic heterocycles. The summed E-state index contributed by atoms with van der Waals surface area (Å²) in [7, 11) is 1.60. The predicted octanol–water partition coefficient (Wildman–Crippen LogP) is 4.59. The first-order valence-corrected chi connectivity index (χ1v) is 8.65. The number of hydrogen-bond donors (Lipinski definition) is 0. The molecule has 0 aliphatic carbocycles. The van der Waals surface area contributed by atoms with Gasteiger partial charge in [-0.2, -0.15) is 0 Å². The molecule has 6 heteroatoms. The SMILES string of the molecule is COc1ccc(-c2nnc(C(C)OC(=O)c3c(C)cc(C)cc3C)o2)cc1. The van der Waals surface area contributed by atoms with Crippen molar-refractivity contribution in [2.45, 2.75) is 33.8 Å². The Kier molecular flexibility index (Phi) is 5.26. The van der Waals surface area contributed by atoms with Crippen molar-refractivity contribution in [1.82, 2.24) is 10.2 Å². The lowest BCUT2D eigenvalue weighted by Gasteiger charge is -2.13. The lowest BCUT2D eigenvalue weighted by molar-refractivity contribution is 0.0278. The molecule has 0 saturated carbocycles. The molecule has 3 rings (SSSR count). The maximum absolute atomic E-state index is 12.6. The number of aryl methyl sites for hydroxylation is 3. The molecular formula is C21H22N2O4. The Morgan fingerprint density at radius 2 is 1.67 bits per heavy atom. The Morgan fingerprint density at radius 1 is 1.04 bits per heavy atom. The molecule has 3 aromatic rings. The van der Waals surface area contributed by atoms with Gasteiger partial charge in [0.2, 0.25) is 5.89 Å². The quantitative estimate of drug-likeness (QED) is 0.615. The van der Waals surface area contributed by atoms with Crippen LogP contribution >= 0.6 is 0 Å². The third-order valence-electron chi connectivity index (χ3n) is 4.29. The van der Waals surface area contributed by atoms with Crippen LogP contribution in [0.2, 0.25) is 0 Å². The standard InChI is InChI=1S/C21H22N2O4/c1-12-10-13(2)18(14(3)11-12)21(24)26-15(4)19-22-23-20(27-19)16-6-8-17(25-5)9-7-16/h6-11,15H,1-5H3. The van der Waals surface area contributed by atoms with E-state index in [0.717, 1.165) is 28.0 Å². The van der Waals surface area contributed by atoms with Crippen molar-refractivity contribution in [2.75, 3.05) is 7.11 Å². The van der Waals surface area contributed by atoms with E-state index in [0.29, 0.717) is 11.5 Å². The zero-order valence-electron chi connectivity index (χ0n) is 16.1. The van der Waals surface area contributed by atoms with Gasteiger partial charge >= 0.3 is 5.97 Å². The van der Waals surface area contributed by atoms with Gasteiger partial charge in [-0.15, -0.1) is 10.2 Å². The summed E-state index contributed by atoms with van der Waals surface area (Å²) in [5, 5.41) is 8.06. The van der Waals surface area contributed by atoms with Gasteiger partial charge in [-0.25, -0.2) is 4.79 Å². The van der Waals surface area contributed by atoms with Crippen LogP contribution in [0.25, 0.3) is 11.5 Å². The molecule has 1 atom stereocenters. The van der Waals surface area contributed by atoms with Crippen LogP contribution in [0, 0.1) is 20.8 Å². The average molecular weight is 366 g/mol. The van der Waals surface area contributed by atoms with Gasteiger partial charge in [0.15, 0.2) is 6.10 Å². The molecule has 140 valence electrons. The summed E-state index contributed by atoms with van der Waals surface area (Å²) in [5.41, 5.74) is 4.21. The fourth-order valence-electron chi connectivity index (χ4n) is 3.02. The highest BCUT2D eigenvalue weighted by molar-refractivity contribution is 5.92. The molecule has 1 aromatic heterocycles. The van der Waals surface area contributed by atoms with Crippen LogP contribution in [-0.2, 0) is 4.74 Å². The second-order valence-corrected chi connectivity index (χ2v) is 6.50. The zero-order valence-corrected chi connectivity index (χ0v) is 16.1. The molecule has 0 spiro atoms. The molecule has 2 aromatic carbocycles. The molecule has 6 nitrogen and oxygen atoms in total. The first-order chi connectivity index (χ1) is 12.9. The number of nitrogens with zero attached hydrogens (tertiary/aromatic N) is 2. The van der Waals surface area contributed by atoms with Gasteiger partial charge in [0.1, 0.15) is 5.75 Å². The van der Waals surface area contributed by atoms with Crippen LogP contribution in [0.5, 0.6) is 5.75 Å². The predicted molar refractivity (Wildman–Crippen MR) is 101 cm³/mol. The maximum Gasteiger partial charge on any atom is 0.339 e. The zero-order chi connectivity index (χ0) is 19.6. The number of aromatic nitrogens is 2. The summed E-state index contributed by atoms with van der Waals surface area (Å²) < 4.78 is 16.4. The Hall–Kier alpha value is -3.15. The average Bonchev–Trinajstić information content (AvgIpc) is 3.11. The topological polar surface area (TPSA) is 74.5 Å². The molecule has 0 aliphatic rings. The van der Waals surface area contributed by atoms with Crippen molar-refractivity contribution < 1.29 is 18.7 Å². The van der Waals surface area contributed by atoms with Crippen molar-refractivity contribution in [2.24, 2.45) is 0 Å². The lowest BCUT2D eigenvalue weighted by atomic mass is 10.00. The highest BCUT2D eigenvalue weighted by atomic mass is 16.6.